The number of nitrogens with two attached hydrogens (primary N) is 1. The Bertz CT molecular complexity index is 810. The fraction of sp³-hybridized carbons (Fsp3) is 0.857. The molecule has 190 valence electrons. The lowest BCUT2D eigenvalue weighted by molar-refractivity contribution is -0.0414. The summed E-state index contributed by atoms with van der Waals surface area (Å²) in [7, 11) is -2.62. The Labute approximate surface area is 204 Å². The van der Waals surface area contributed by atoms with Gasteiger partial charge in [0.05, 0.1) is 6.10 Å². The molecule has 0 aromatic heterocycles. The molecule has 0 aromatic rings. The molecule has 0 aromatic carbocycles. The summed E-state index contributed by atoms with van der Waals surface area (Å²) in [4.78, 5) is 0. The van der Waals surface area contributed by atoms with E-state index in [0.29, 0.717) is 28.6 Å². The highest BCUT2D eigenvalue weighted by atomic mass is 32.2. The molecule has 0 aliphatic heterocycles. The van der Waals surface area contributed by atoms with Gasteiger partial charge in [-0.05, 0) is 104 Å². The molecule has 9 atom stereocenters. The fourth-order valence-corrected chi connectivity index (χ4v) is 8.10. The van der Waals surface area contributed by atoms with E-state index in [9.17, 15) is 5.11 Å². The van der Waals surface area contributed by atoms with E-state index in [4.69, 9.17) is 8.42 Å². The second-order valence-electron chi connectivity index (χ2n) is 12.5. The van der Waals surface area contributed by atoms with Crippen LogP contribution in [0.15, 0.2) is 23.8 Å². The van der Waals surface area contributed by atoms with Crippen molar-refractivity contribution in [2.45, 2.75) is 99.0 Å². The van der Waals surface area contributed by atoms with Gasteiger partial charge < -0.3 is 5.11 Å². The number of thiol groups is 1. The first-order valence-corrected chi connectivity index (χ1v) is 14.6. The fourth-order valence-electron chi connectivity index (χ4n) is 8.10. The molecular weight excluding hydrogens is 430 g/mol. The minimum atomic E-state index is -2.62. The van der Waals surface area contributed by atoms with E-state index in [-0.39, 0.29) is 6.10 Å². The summed E-state index contributed by atoms with van der Waals surface area (Å²) in [5.41, 5.74) is 2.79. The van der Waals surface area contributed by atoms with E-state index < -0.39 is 10.9 Å². The van der Waals surface area contributed by atoms with E-state index in [1.165, 1.54) is 38.5 Å². The van der Waals surface area contributed by atoms with Crippen molar-refractivity contribution in [1.82, 2.24) is 0 Å². The third-order valence-electron chi connectivity index (χ3n) is 10.5. The van der Waals surface area contributed by atoms with Crippen LogP contribution >= 0.6 is 0 Å². The standard InChI is InChI=1S/C28H46O.H3NO2S/c1-18(2)19(3)7-8-20(4)24-11-12-25-23-10-9-21-17-22(29)13-15-27(21,5)26(23)14-16-28(24,25)6;1-4(2)3/h7-8,10,18-22,24-26,29H,9,11-17H2,1-6H3;4H,(H2,1,2,3)/b8-7+;/t19-,20+,21?,22-,24+,25-,26-,27-,28+;/m0./s1. The lowest BCUT2D eigenvalue weighted by Crippen LogP contribution is -2.49. The summed E-state index contributed by atoms with van der Waals surface area (Å²) in [6.07, 6.45) is 17.8. The van der Waals surface area contributed by atoms with Crippen LogP contribution < -0.4 is 5.14 Å². The molecule has 3 fully saturated rings. The predicted octanol–water partition coefficient (Wildman–Crippen LogP) is 5.88. The van der Waals surface area contributed by atoms with Gasteiger partial charge >= 0.3 is 0 Å². The smallest absolute Gasteiger partial charge is 0.198 e. The molecule has 0 spiro atoms. The van der Waals surface area contributed by atoms with Crippen molar-refractivity contribution in [2.75, 3.05) is 0 Å². The van der Waals surface area contributed by atoms with Gasteiger partial charge in [0.25, 0.3) is 0 Å². The Hall–Kier alpha value is -0.650. The molecular formula is C28H49NO3S. The molecule has 1 unspecified atom stereocenters. The van der Waals surface area contributed by atoms with Crippen LogP contribution in [0.4, 0.5) is 0 Å². The molecule has 0 saturated heterocycles. The van der Waals surface area contributed by atoms with Gasteiger partial charge in [0.1, 0.15) is 0 Å². The first kappa shape index (κ1) is 26.9. The van der Waals surface area contributed by atoms with E-state index >= 15 is 0 Å². The molecule has 0 heterocycles. The predicted molar refractivity (Wildman–Crippen MR) is 138 cm³/mol. The normalized spacial score (nSPS) is 42.1. The lowest BCUT2D eigenvalue weighted by atomic mass is 9.47. The van der Waals surface area contributed by atoms with Gasteiger partial charge in [0.2, 0.25) is 0 Å². The molecule has 4 rings (SSSR count). The number of hydrogen-bond acceptors (Lipinski definition) is 3. The number of aliphatic hydroxyl groups excluding tert-OH is 1. The van der Waals surface area contributed by atoms with Crippen molar-refractivity contribution in [2.24, 2.45) is 57.4 Å². The number of fused-ring (bicyclic) bond motifs is 5. The van der Waals surface area contributed by atoms with Crippen LogP contribution in [0.2, 0.25) is 0 Å². The Morgan fingerprint density at radius 3 is 2.24 bits per heavy atom. The van der Waals surface area contributed by atoms with Crippen LogP contribution in [0, 0.1) is 52.3 Å². The zero-order valence-corrected chi connectivity index (χ0v) is 22.7. The topological polar surface area (TPSA) is 80.4 Å². The summed E-state index contributed by atoms with van der Waals surface area (Å²) >= 11 is 0. The van der Waals surface area contributed by atoms with Gasteiger partial charge in [-0.25, -0.2) is 13.6 Å². The largest absolute Gasteiger partial charge is 0.393 e. The maximum atomic E-state index is 10.2. The minimum Gasteiger partial charge on any atom is -0.393 e. The Morgan fingerprint density at radius 1 is 1.00 bits per heavy atom. The zero-order chi connectivity index (χ0) is 24.6. The first-order valence-electron chi connectivity index (χ1n) is 13.4. The molecule has 3 saturated carbocycles. The van der Waals surface area contributed by atoms with Crippen molar-refractivity contribution >= 4 is 10.9 Å². The lowest BCUT2D eigenvalue weighted by Gasteiger charge is -2.57. The average Bonchev–Trinajstić information content (AvgIpc) is 3.09. The van der Waals surface area contributed by atoms with Crippen molar-refractivity contribution in [3.05, 3.63) is 23.8 Å². The van der Waals surface area contributed by atoms with E-state index in [1.807, 2.05) is 5.57 Å². The molecule has 3 N–H and O–H groups in total. The first-order chi connectivity index (χ1) is 15.4. The van der Waals surface area contributed by atoms with E-state index in [1.54, 1.807) is 0 Å². The summed E-state index contributed by atoms with van der Waals surface area (Å²) in [6.45, 7) is 14.7. The maximum Gasteiger partial charge on any atom is 0.198 e. The minimum absolute atomic E-state index is 0.0476. The molecule has 4 nitrogen and oxygen atoms in total. The number of allylic oxidation sites excluding steroid dienone is 4. The quantitative estimate of drug-likeness (QED) is 0.348. The van der Waals surface area contributed by atoms with Crippen LogP contribution in [0.1, 0.15) is 92.9 Å². The highest BCUT2D eigenvalue weighted by molar-refractivity contribution is 7.69. The van der Waals surface area contributed by atoms with Crippen molar-refractivity contribution < 1.29 is 13.5 Å². The third kappa shape index (κ3) is 5.46. The van der Waals surface area contributed by atoms with Gasteiger partial charge in [-0.1, -0.05) is 65.3 Å². The summed E-state index contributed by atoms with van der Waals surface area (Å²) in [5, 5.41) is 14.3. The van der Waals surface area contributed by atoms with Crippen molar-refractivity contribution in [3.8, 4) is 0 Å². The summed E-state index contributed by atoms with van der Waals surface area (Å²) < 4.78 is 17.6. The number of hydrogen-bond donors (Lipinski definition) is 3. The highest BCUT2D eigenvalue weighted by Crippen LogP contribution is 2.66. The molecule has 0 radical (unpaired) electrons. The van der Waals surface area contributed by atoms with Gasteiger partial charge in [0, 0.05) is 0 Å². The van der Waals surface area contributed by atoms with Gasteiger partial charge in [-0.2, -0.15) is 0 Å². The Balaban J connectivity index is 0.000000709. The van der Waals surface area contributed by atoms with Gasteiger partial charge in [-0.3, -0.25) is 0 Å². The molecule has 0 amide bonds. The Morgan fingerprint density at radius 2 is 1.61 bits per heavy atom. The van der Waals surface area contributed by atoms with Crippen LogP contribution in [0.25, 0.3) is 0 Å². The van der Waals surface area contributed by atoms with Crippen LogP contribution in [0.5, 0.6) is 0 Å². The van der Waals surface area contributed by atoms with Crippen LogP contribution in [-0.4, -0.2) is 19.6 Å². The van der Waals surface area contributed by atoms with Crippen LogP contribution in [-0.2, 0) is 10.9 Å². The van der Waals surface area contributed by atoms with Crippen molar-refractivity contribution in [3.63, 3.8) is 0 Å². The monoisotopic (exact) mass is 479 g/mol. The summed E-state index contributed by atoms with van der Waals surface area (Å²) in [5.74, 6) is 5.25. The number of aliphatic hydroxyl groups is 1. The zero-order valence-electron chi connectivity index (χ0n) is 21.8. The Kier molecular flexibility index (Phi) is 8.60. The third-order valence-corrected chi connectivity index (χ3v) is 10.5. The molecule has 33 heavy (non-hydrogen) atoms. The summed E-state index contributed by atoms with van der Waals surface area (Å²) in [6, 6.07) is 0. The van der Waals surface area contributed by atoms with Gasteiger partial charge in [0.15, 0.2) is 10.9 Å². The second kappa shape index (κ2) is 10.5. The molecule has 4 aliphatic rings. The van der Waals surface area contributed by atoms with E-state index in [2.05, 4.69) is 64.9 Å². The molecule has 4 aliphatic carbocycles. The average molecular weight is 480 g/mol. The van der Waals surface area contributed by atoms with E-state index in [0.717, 1.165) is 36.5 Å². The molecule has 5 heteroatoms. The SMILES string of the molecule is CC(C)[C@@H](C)/C=C/[C@@H](C)[C@H]1CC[C@H]2C3=CCC4C[C@@H](O)CC[C@]4(C)[C@H]3CC[C@]12C.N[SH](=O)=O. The molecule has 0 bridgehead atoms. The number of rotatable bonds is 4. The second-order valence-corrected chi connectivity index (χ2v) is 13.1. The van der Waals surface area contributed by atoms with Crippen LogP contribution in [0.3, 0.4) is 0 Å². The van der Waals surface area contributed by atoms with Gasteiger partial charge in [-0.15, -0.1) is 0 Å². The van der Waals surface area contributed by atoms with Crippen molar-refractivity contribution in [1.29, 1.82) is 0 Å². The maximum absolute atomic E-state index is 10.2. The highest BCUT2D eigenvalue weighted by Gasteiger charge is 2.57.